The Kier molecular flexibility index (Phi) is 4.99. The summed E-state index contributed by atoms with van der Waals surface area (Å²) in [7, 11) is -1.49. The topological polar surface area (TPSA) is 29.4 Å². The molecule has 1 aromatic rings. The van der Waals surface area contributed by atoms with Gasteiger partial charge in [-0.15, -0.1) is 0 Å². The monoisotopic (exact) mass is 385 g/mol. The summed E-state index contributed by atoms with van der Waals surface area (Å²) in [5.41, 5.74) is 0.287. The zero-order valence-corrected chi connectivity index (χ0v) is 13.5. The highest BCUT2D eigenvalue weighted by atomic mass is 127. The molecule has 0 amide bonds. The largest absolute Gasteiger partial charge is 0.234 e. The molecule has 0 heterocycles. The number of nitrogens with zero attached hydrogens (tertiary/aromatic N) is 1. The standard InChI is InChI=1S/C12H14F2INOS/c1-7(16-18(17)12(2,3)4)9-5-8(15)6-10(13)11(9)14/h5-6H,1-4H3/b16-7-. The van der Waals surface area contributed by atoms with Gasteiger partial charge in [-0.3, -0.25) is 0 Å². The van der Waals surface area contributed by atoms with E-state index in [1.54, 1.807) is 20.8 Å². The first-order chi connectivity index (χ1) is 8.12. The molecule has 1 rings (SSSR count). The van der Waals surface area contributed by atoms with Gasteiger partial charge in [0.25, 0.3) is 0 Å². The molecule has 0 spiro atoms. The fraction of sp³-hybridized carbons (Fsp3) is 0.417. The third kappa shape index (κ3) is 3.81. The molecule has 6 heteroatoms. The van der Waals surface area contributed by atoms with Crippen molar-refractivity contribution in [2.75, 3.05) is 0 Å². The molecule has 0 saturated heterocycles. The van der Waals surface area contributed by atoms with Gasteiger partial charge in [0.05, 0.1) is 10.5 Å². The average molecular weight is 385 g/mol. The first kappa shape index (κ1) is 15.7. The Hall–Kier alpha value is -0.370. The predicted molar refractivity (Wildman–Crippen MR) is 79.2 cm³/mol. The van der Waals surface area contributed by atoms with Crippen LogP contribution < -0.4 is 0 Å². The van der Waals surface area contributed by atoms with Crippen LogP contribution in [0.15, 0.2) is 16.5 Å². The van der Waals surface area contributed by atoms with Gasteiger partial charge < -0.3 is 0 Å². The SMILES string of the molecule is C/C(=N/S(=O)C(C)(C)C)c1cc(I)cc(F)c1F. The Balaban J connectivity index is 3.23. The van der Waals surface area contributed by atoms with E-state index in [0.717, 1.165) is 6.07 Å². The van der Waals surface area contributed by atoms with Gasteiger partial charge >= 0.3 is 0 Å². The molecule has 0 N–H and O–H groups in total. The maximum atomic E-state index is 13.6. The van der Waals surface area contributed by atoms with E-state index < -0.39 is 27.4 Å². The third-order valence-electron chi connectivity index (χ3n) is 2.13. The molecule has 2 nitrogen and oxygen atoms in total. The predicted octanol–water partition coefficient (Wildman–Crippen LogP) is 3.84. The molecule has 1 unspecified atom stereocenters. The minimum atomic E-state index is -1.49. The van der Waals surface area contributed by atoms with Gasteiger partial charge in [-0.25, -0.2) is 13.0 Å². The maximum Gasteiger partial charge on any atom is 0.167 e. The molecule has 0 radical (unpaired) electrons. The van der Waals surface area contributed by atoms with Crippen LogP contribution in [0.4, 0.5) is 8.78 Å². The fourth-order valence-electron chi connectivity index (χ4n) is 1.13. The zero-order chi connectivity index (χ0) is 14.1. The van der Waals surface area contributed by atoms with Gasteiger partial charge in [-0.1, -0.05) is 0 Å². The van der Waals surface area contributed by atoms with Crippen molar-refractivity contribution in [1.82, 2.24) is 0 Å². The Bertz CT molecular complexity index is 524. The van der Waals surface area contributed by atoms with Crippen LogP contribution in [-0.2, 0) is 11.0 Å². The van der Waals surface area contributed by atoms with E-state index in [2.05, 4.69) is 4.40 Å². The van der Waals surface area contributed by atoms with Gasteiger partial charge in [-0.2, -0.15) is 4.40 Å². The lowest BCUT2D eigenvalue weighted by Gasteiger charge is -2.14. The number of halogens is 3. The lowest BCUT2D eigenvalue weighted by atomic mass is 10.1. The second-order valence-electron chi connectivity index (χ2n) is 4.79. The second kappa shape index (κ2) is 5.73. The van der Waals surface area contributed by atoms with E-state index in [1.807, 2.05) is 22.6 Å². The summed E-state index contributed by atoms with van der Waals surface area (Å²) in [6.45, 7) is 6.83. The fourth-order valence-corrected chi connectivity index (χ4v) is 2.34. The normalized spacial score (nSPS) is 14.7. The van der Waals surface area contributed by atoms with Crippen molar-refractivity contribution in [3.05, 3.63) is 32.9 Å². The molecule has 1 atom stereocenters. The van der Waals surface area contributed by atoms with E-state index in [0.29, 0.717) is 3.57 Å². The average Bonchev–Trinajstić information content (AvgIpc) is 2.21. The van der Waals surface area contributed by atoms with E-state index in [9.17, 15) is 13.0 Å². The zero-order valence-electron chi connectivity index (χ0n) is 10.6. The number of rotatable bonds is 2. The summed E-state index contributed by atoms with van der Waals surface area (Å²) < 4.78 is 42.7. The lowest BCUT2D eigenvalue weighted by molar-refractivity contribution is 0.506. The van der Waals surface area contributed by atoms with Crippen molar-refractivity contribution >= 4 is 39.3 Å². The molecule has 1 aromatic carbocycles. The van der Waals surface area contributed by atoms with Crippen LogP contribution >= 0.6 is 22.6 Å². The molecule has 0 aliphatic heterocycles. The van der Waals surface area contributed by atoms with Crippen LogP contribution in [0.5, 0.6) is 0 Å². The molecule has 0 bridgehead atoms. The van der Waals surface area contributed by atoms with E-state index in [1.165, 1.54) is 13.0 Å². The van der Waals surface area contributed by atoms with Gasteiger partial charge in [0.1, 0.15) is 11.0 Å². The van der Waals surface area contributed by atoms with Crippen LogP contribution in [-0.4, -0.2) is 14.7 Å². The highest BCUT2D eigenvalue weighted by Crippen LogP contribution is 2.19. The Morgan fingerprint density at radius 1 is 1.33 bits per heavy atom. The van der Waals surface area contributed by atoms with E-state index in [-0.39, 0.29) is 11.3 Å². The van der Waals surface area contributed by atoms with Gasteiger partial charge in [0.15, 0.2) is 11.6 Å². The summed E-state index contributed by atoms with van der Waals surface area (Å²) >= 11 is 1.89. The highest BCUT2D eigenvalue weighted by Gasteiger charge is 2.20. The Labute approximate surface area is 122 Å². The van der Waals surface area contributed by atoms with Crippen LogP contribution in [0.2, 0.25) is 0 Å². The van der Waals surface area contributed by atoms with Crippen molar-refractivity contribution < 1.29 is 13.0 Å². The van der Waals surface area contributed by atoms with Crippen molar-refractivity contribution in [2.45, 2.75) is 32.4 Å². The summed E-state index contributed by atoms with van der Waals surface area (Å²) in [4.78, 5) is 0. The minimum absolute atomic E-state index is 0.0528. The quantitative estimate of drug-likeness (QED) is 0.432. The minimum Gasteiger partial charge on any atom is -0.234 e. The van der Waals surface area contributed by atoms with Crippen molar-refractivity contribution in [3.8, 4) is 0 Å². The van der Waals surface area contributed by atoms with Crippen LogP contribution in [0.25, 0.3) is 0 Å². The summed E-state index contributed by atoms with van der Waals surface area (Å²) in [6, 6.07) is 2.59. The van der Waals surface area contributed by atoms with Gasteiger partial charge in [0.2, 0.25) is 0 Å². The van der Waals surface area contributed by atoms with Crippen LogP contribution in [0, 0.1) is 15.2 Å². The van der Waals surface area contributed by atoms with Gasteiger partial charge in [-0.05, 0) is 62.4 Å². The maximum absolute atomic E-state index is 13.6. The van der Waals surface area contributed by atoms with E-state index >= 15 is 0 Å². The van der Waals surface area contributed by atoms with Crippen LogP contribution in [0.1, 0.15) is 33.3 Å². The van der Waals surface area contributed by atoms with Crippen molar-refractivity contribution in [1.29, 1.82) is 0 Å². The molecule has 0 fully saturated rings. The lowest BCUT2D eigenvalue weighted by Crippen LogP contribution is -2.21. The van der Waals surface area contributed by atoms with Gasteiger partial charge in [0, 0.05) is 9.13 Å². The molecule has 0 saturated carbocycles. The smallest absolute Gasteiger partial charge is 0.167 e. The number of benzene rings is 1. The molecule has 100 valence electrons. The molecular weight excluding hydrogens is 371 g/mol. The van der Waals surface area contributed by atoms with Crippen molar-refractivity contribution in [2.24, 2.45) is 4.40 Å². The van der Waals surface area contributed by atoms with Crippen molar-refractivity contribution in [3.63, 3.8) is 0 Å². The molecule has 0 aromatic heterocycles. The summed E-state index contributed by atoms with van der Waals surface area (Å²) in [6.07, 6.45) is 0. The molecule has 18 heavy (non-hydrogen) atoms. The third-order valence-corrected chi connectivity index (χ3v) is 4.24. The first-order valence-corrected chi connectivity index (χ1v) is 7.43. The Morgan fingerprint density at radius 2 is 1.89 bits per heavy atom. The molecule has 0 aliphatic carbocycles. The number of hydrogen-bond acceptors (Lipinski definition) is 1. The molecule has 0 aliphatic rings. The summed E-state index contributed by atoms with van der Waals surface area (Å²) in [5, 5.41) is 0. The second-order valence-corrected chi connectivity index (χ2v) is 7.94. The number of hydrogen-bond donors (Lipinski definition) is 0. The summed E-state index contributed by atoms with van der Waals surface area (Å²) in [5.74, 6) is -1.88. The first-order valence-electron chi connectivity index (χ1n) is 5.25. The molecular formula is C12H14F2INOS. The van der Waals surface area contributed by atoms with E-state index in [4.69, 9.17) is 0 Å². The van der Waals surface area contributed by atoms with Crippen LogP contribution in [0.3, 0.4) is 0 Å². The Morgan fingerprint density at radius 3 is 2.39 bits per heavy atom. The highest BCUT2D eigenvalue weighted by molar-refractivity contribution is 14.1.